The van der Waals surface area contributed by atoms with Crippen LogP contribution in [0, 0.1) is 11.7 Å². The molecule has 1 aromatic rings. The van der Waals surface area contributed by atoms with Gasteiger partial charge in [-0.15, -0.1) is 0 Å². The zero-order valence-electron chi connectivity index (χ0n) is 15.1. The van der Waals surface area contributed by atoms with E-state index in [9.17, 15) is 22.4 Å². The van der Waals surface area contributed by atoms with Gasteiger partial charge in [0.15, 0.2) is 5.60 Å². The SMILES string of the molecule is CC[C@](C)(Oc1ccc(F)c(C(F)(F)F)c1)C(=O)NCC1CCCCC1. The summed E-state index contributed by atoms with van der Waals surface area (Å²) in [7, 11) is 0. The number of carbonyl (C=O) groups excluding carboxylic acids is 1. The van der Waals surface area contributed by atoms with Crippen molar-refractivity contribution in [2.75, 3.05) is 6.54 Å². The highest BCUT2D eigenvalue weighted by atomic mass is 19.4. The molecule has 1 saturated carbocycles. The Bertz CT molecular complexity index is 626. The molecule has 0 spiro atoms. The van der Waals surface area contributed by atoms with Crippen LogP contribution in [0.25, 0.3) is 0 Å². The molecule has 0 unspecified atom stereocenters. The Morgan fingerprint density at radius 3 is 2.46 bits per heavy atom. The summed E-state index contributed by atoms with van der Waals surface area (Å²) in [5, 5.41) is 2.86. The minimum Gasteiger partial charge on any atom is -0.478 e. The molecule has 1 fully saturated rings. The summed E-state index contributed by atoms with van der Waals surface area (Å²) in [4.78, 5) is 12.6. The van der Waals surface area contributed by atoms with Crippen LogP contribution in [0.3, 0.4) is 0 Å². The molecule has 0 aliphatic heterocycles. The molecule has 1 aromatic carbocycles. The van der Waals surface area contributed by atoms with Gasteiger partial charge in [0, 0.05) is 6.54 Å². The Kier molecular flexibility index (Phi) is 6.53. The molecular formula is C19H25F4NO2. The minimum absolute atomic E-state index is 0.184. The fourth-order valence-corrected chi connectivity index (χ4v) is 3.14. The van der Waals surface area contributed by atoms with Crippen LogP contribution in [-0.4, -0.2) is 18.1 Å². The molecule has 146 valence electrons. The standard InChI is InChI=1S/C19H25F4NO2/c1-3-18(2,17(25)24-12-13-7-5-4-6-8-13)26-14-9-10-16(20)15(11-14)19(21,22)23/h9-11,13H,3-8,12H2,1-2H3,(H,24,25)/t18-/m0/s1. The number of hydrogen-bond donors (Lipinski definition) is 1. The predicted octanol–water partition coefficient (Wildman–Crippen LogP) is 5.09. The maximum atomic E-state index is 13.4. The monoisotopic (exact) mass is 375 g/mol. The molecule has 0 radical (unpaired) electrons. The minimum atomic E-state index is -4.82. The van der Waals surface area contributed by atoms with Crippen molar-refractivity contribution in [3.8, 4) is 5.75 Å². The number of hydrogen-bond acceptors (Lipinski definition) is 2. The Labute approximate surface area is 151 Å². The van der Waals surface area contributed by atoms with Crippen LogP contribution < -0.4 is 10.1 Å². The molecule has 1 aliphatic carbocycles. The molecule has 0 saturated heterocycles. The van der Waals surface area contributed by atoms with Crippen molar-refractivity contribution >= 4 is 5.91 Å². The lowest BCUT2D eigenvalue weighted by Gasteiger charge is -2.30. The van der Waals surface area contributed by atoms with E-state index in [2.05, 4.69) is 5.32 Å². The molecule has 26 heavy (non-hydrogen) atoms. The largest absolute Gasteiger partial charge is 0.478 e. The second-order valence-corrected chi connectivity index (χ2v) is 7.04. The number of halogens is 4. The molecule has 1 N–H and O–H groups in total. The second kappa shape index (κ2) is 8.27. The number of carbonyl (C=O) groups is 1. The third kappa shape index (κ3) is 5.11. The molecule has 2 rings (SSSR count). The number of ether oxygens (including phenoxy) is 1. The van der Waals surface area contributed by atoms with E-state index in [0.29, 0.717) is 24.6 Å². The van der Waals surface area contributed by atoms with Gasteiger partial charge in [0.05, 0.1) is 5.56 Å². The van der Waals surface area contributed by atoms with Crippen molar-refractivity contribution in [2.24, 2.45) is 5.92 Å². The third-order valence-electron chi connectivity index (χ3n) is 5.02. The molecular weight excluding hydrogens is 350 g/mol. The lowest BCUT2D eigenvalue weighted by atomic mass is 9.89. The first-order valence-electron chi connectivity index (χ1n) is 9.00. The van der Waals surface area contributed by atoms with Gasteiger partial charge < -0.3 is 10.1 Å². The summed E-state index contributed by atoms with van der Waals surface area (Å²) in [5.74, 6) is -1.50. The molecule has 0 aromatic heterocycles. The average Bonchev–Trinajstić information content (AvgIpc) is 2.61. The number of nitrogens with one attached hydrogen (secondary N) is 1. The summed E-state index contributed by atoms with van der Waals surface area (Å²) < 4.78 is 57.5. The van der Waals surface area contributed by atoms with E-state index in [0.717, 1.165) is 31.7 Å². The smallest absolute Gasteiger partial charge is 0.419 e. The highest BCUT2D eigenvalue weighted by Crippen LogP contribution is 2.34. The Morgan fingerprint density at radius 2 is 1.88 bits per heavy atom. The molecule has 0 bridgehead atoms. The van der Waals surface area contributed by atoms with E-state index >= 15 is 0 Å². The predicted molar refractivity (Wildman–Crippen MR) is 90.3 cm³/mol. The summed E-state index contributed by atoms with van der Waals surface area (Å²) >= 11 is 0. The highest BCUT2D eigenvalue weighted by Gasteiger charge is 2.37. The number of benzene rings is 1. The maximum Gasteiger partial charge on any atom is 0.419 e. The van der Waals surface area contributed by atoms with E-state index in [1.54, 1.807) is 6.92 Å². The molecule has 3 nitrogen and oxygen atoms in total. The zero-order chi connectivity index (χ0) is 19.4. The van der Waals surface area contributed by atoms with Gasteiger partial charge in [0.2, 0.25) is 0 Å². The van der Waals surface area contributed by atoms with Crippen molar-refractivity contribution in [3.63, 3.8) is 0 Å². The summed E-state index contributed by atoms with van der Waals surface area (Å²) in [6.07, 6.45) is 1.09. The molecule has 1 amide bonds. The molecule has 7 heteroatoms. The van der Waals surface area contributed by atoms with Crippen molar-refractivity contribution < 1.29 is 27.1 Å². The van der Waals surface area contributed by atoms with E-state index in [4.69, 9.17) is 4.74 Å². The quantitative estimate of drug-likeness (QED) is 0.704. The summed E-state index contributed by atoms with van der Waals surface area (Å²) in [6.45, 7) is 3.78. The van der Waals surface area contributed by atoms with Gasteiger partial charge >= 0.3 is 6.18 Å². The van der Waals surface area contributed by atoms with Gasteiger partial charge in [-0.3, -0.25) is 4.79 Å². The number of rotatable bonds is 6. The van der Waals surface area contributed by atoms with Crippen molar-refractivity contribution in [3.05, 3.63) is 29.6 Å². The Balaban J connectivity index is 2.07. The summed E-state index contributed by atoms with van der Waals surface area (Å²) in [5.41, 5.74) is -2.73. The van der Waals surface area contributed by atoms with Crippen LogP contribution in [0.5, 0.6) is 5.75 Å². The van der Waals surface area contributed by atoms with Gasteiger partial charge in [-0.05, 0) is 50.3 Å². The van der Waals surface area contributed by atoms with E-state index in [-0.39, 0.29) is 18.1 Å². The molecule has 1 aliphatic rings. The number of alkyl halides is 3. The van der Waals surface area contributed by atoms with Crippen LogP contribution in [0.1, 0.15) is 57.9 Å². The second-order valence-electron chi connectivity index (χ2n) is 7.04. The van der Waals surface area contributed by atoms with Gasteiger partial charge in [-0.25, -0.2) is 4.39 Å². The Hall–Kier alpha value is -1.79. The normalized spacial score (nSPS) is 18.2. The van der Waals surface area contributed by atoms with E-state index in [1.807, 2.05) is 0 Å². The van der Waals surface area contributed by atoms with Gasteiger partial charge in [0.1, 0.15) is 11.6 Å². The van der Waals surface area contributed by atoms with Gasteiger partial charge in [0.25, 0.3) is 5.91 Å². The zero-order valence-corrected chi connectivity index (χ0v) is 15.1. The Morgan fingerprint density at radius 1 is 1.23 bits per heavy atom. The molecule has 0 heterocycles. The van der Waals surface area contributed by atoms with Crippen LogP contribution in [0.15, 0.2) is 18.2 Å². The van der Waals surface area contributed by atoms with Crippen LogP contribution in [0.4, 0.5) is 17.6 Å². The lowest BCUT2D eigenvalue weighted by molar-refractivity contribution is -0.140. The third-order valence-corrected chi connectivity index (χ3v) is 5.02. The van der Waals surface area contributed by atoms with Crippen LogP contribution >= 0.6 is 0 Å². The van der Waals surface area contributed by atoms with E-state index < -0.39 is 23.2 Å². The fraction of sp³-hybridized carbons (Fsp3) is 0.632. The van der Waals surface area contributed by atoms with Crippen LogP contribution in [-0.2, 0) is 11.0 Å². The topological polar surface area (TPSA) is 38.3 Å². The first-order valence-corrected chi connectivity index (χ1v) is 9.00. The maximum absolute atomic E-state index is 13.4. The van der Waals surface area contributed by atoms with Crippen LogP contribution in [0.2, 0.25) is 0 Å². The van der Waals surface area contributed by atoms with Gasteiger partial charge in [-0.1, -0.05) is 26.2 Å². The summed E-state index contributed by atoms with van der Waals surface area (Å²) in [6, 6.07) is 2.40. The van der Waals surface area contributed by atoms with Crippen molar-refractivity contribution in [1.82, 2.24) is 5.32 Å². The highest BCUT2D eigenvalue weighted by molar-refractivity contribution is 5.85. The first kappa shape index (κ1) is 20.5. The van der Waals surface area contributed by atoms with Crippen molar-refractivity contribution in [1.29, 1.82) is 0 Å². The first-order chi connectivity index (χ1) is 12.2. The fourth-order valence-electron chi connectivity index (χ4n) is 3.14. The average molecular weight is 375 g/mol. The lowest BCUT2D eigenvalue weighted by Crippen LogP contribution is -2.49. The molecule has 1 atom stereocenters. The van der Waals surface area contributed by atoms with Gasteiger partial charge in [-0.2, -0.15) is 13.2 Å². The van der Waals surface area contributed by atoms with Crippen molar-refractivity contribution in [2.45, 2.75) is 64.1 Å². The number of amides is 1. The van der Waals surface area contributed by atoms with E-state index in [1.165, 1.54) is 13.3 Å².